The second-order valence-electron chi connectivity index (χ2n) is 10.7. The lowest BCUT2D eigenvalue weighted by Gasteiger charge is -2.34. The van der Waals surface area contributed by atoms with Crippen LogP contribution in [-0.2, 0) is 0 Å². The van der Waals surface area contributed by atoms with E-state index >= 15 is 4.39 Å². The van der Waals surface area contributed by atoms with Crippen LogP contribution >= 0.6 is 15.9 Å². The zero-order chi connectivity index (χ0) is 23.9. The van der Waals surface area contributed by atoms with Crippen LogP contribution in [0.25, 0.3) is 21.9 Å². The number of aromatic nitrogens is 2. The Hall–Kier alpha value is -2.04. The van der Waals surface area contributed by atoms with Gasteiger partial charge in [-0.15, -0.1) is 0 Å². The van der Waals surface area contributed by atoms with E-state index in [9.17, 15) is 4.39 Å². The Bertz CT molecular complexity index is 1320. The molecular weight excluding hydrogens is 520 g/mol. The number of fused-ring (bicyclic) bond motifs is 6. The molecule has 6 heterocycles. The van der Waals surface area contributed by atoms with Gasteiger partial charge in [0.05, 0.1) is 15.4 Å². The van der Waals surface area contributed by atoms with Gasteiger partial charge >= 0.3 is 6.01 Å². The van der Waals surface area contributed by atoms with Gasteiger partial charge in [-0.25, -0.2) is 8.78 Å². The van der Waals surface area contributed by atoms with Gasteiger partial charge in [0, 0.05) is 43.5 Å². The Morgan fingerprint density at radius 3 is 2.86 bits per heavy atom. The first kappa shape index (κ1) is 22.2. The highest BCUT2D eigenvalue weighted by atomic mass is 79.9. The van der Waals surface area contributed by atoms with E-state index in [-0.39, 0.29) is 21.5 Å². The highest BCUT2D eigenvalue weighted by Crippen LogP contribution is 2.43. The van der Waals surface area contributed by atoms with Crippen LogP contribution in [-0.4, -0.2) is 71.4 Å². The van der Waals surface area contributed by atoms with Crippen molar-refractivity contribution >= 4 is 43.6 Å². The molecule has 0 saturated carbocycles. The van der Waals surface area contributed by atoms with E-state index < -0.39 is 12.0 Å². The van der Waals surface area contributed by atoms with Gasteiger partial charge in [0.1, 0.15) is 29.9 Å². The molecule has 0 spiro atoms. The molecule has 2 bridgehead atoms. The third kappa shape index (κ3) is 3.47. The van der Waals surface area contributed by atoms with Crippen molar-refractivity contribution in [1.29, 1.82) is 0 Å². The maximum Gasteiger partial charge on any atom is 0.319 e. The molecule has 1 N–H and O–H groups in total. The molecule has 7 rings (SSSR count). The molecule has 0 amide bonds. The van der Waals surface area contributed by atoms with E-state index in [0.717, 1.165) is 50.7 Å². The van der Waals surface area contributed by atoms with E-state index in [1.807, 2.05) is 13.0 Å². The number of ether oxygens (including phenoxy) is 1. The number of benzene rings is 1. The summed E-state index contributed by atoms with van der Waals surface area (Å²) in [4.78, 5) is 13.9. The van der Waals surface area contributed by atoms with E-state index in [1.165, 1.54) is 0 Å². The minimum atomic E-state index is -0.839. The van der Waals surface area contributed by atoms with E-state index in [4.69, 9.17) is 14.1 Å². The minimum absolute atomic E-state index is 0.146. The Kier molecular flexibility index (Phi) is 5.06. The number of nitrogens with one attached hydrogen (secondary N) is 1. The second-order valence-corrected chi connectivity index (χ2v) is 11.5. The fourth-order valence-corrected chi connectivity index (χ4v) is 7.30. The third-order valence-corrected chi connectivity index (χ3v) is 9.05. The number of anilines is 1. The average Bonchev–Trinajstić information content (AvgIpc) is 3.57. The van der Waals surface area contributed by atoms with Crippen molar-refractivity contribution in [2.24, 2.45) is 0 Å². The molecule has 3 aromatic rings. The normalized spacial score (nSPS) is 30.6. The quantitative estimate of drug-likeness (QED) is 0.516. The molecule has 4 fully saturated rings. The molecular formula is C25H28BrF2N5O2. The lowest BCUT2D eigenvalue weighted by molar-refractivity contribution is 0.107. The molecule has 0 unspecified atom stereocenters. The van der Waals surface area contributed by atoms with Crippen LogP contribution < -0.4 is 15.0 Å². The Morgan fingerprint density at radius 2 is 2.06 bits per heavy atom. The molecule has 10 heteroatoms. The largest absolute Gasteiger partial charge is 0.461 e. The Balaban J connectivity index is 1.35. The summed E-state index contributed by atoms with van der Waals surface area (Å²) in [7, 11) is 0. The predicted octanol–water partition coefficient (Wildman–Crippen LogP) is 4.48. The summed E-state index contributed by atoms with van der Waals surface area (Å²) in [5.74, 6) is 0.886. The zero-order valence-corrected chi connectivity index (χ0v) is 21.2. The van der Waals surface area contributed by atoms with Gasteiger partial charge in [0.25, 0.3) is 0 Å². The Morgan fingerprint density at radius 1 is 1.26 bits per heavy atom. The molecule has 2 aromatic heterocycles. The van der Waals surface area contributed by atoms with Crippen molar-refractivity contribution < 1.29 is 17.9 Å². The number of nitrogens with zero attached hydrogens (tertiary/aromatic N) is 4. The van der Waals surface area contributed by atoms with Crippen LogP contribution in [0.2, 0.25) is 0 Å². The number of halogens is 3. The summed E-state index contributed by atoms with van der Waals surface area (Å²) < 4.78 is 42.2. The summed E-state index contributed by atoms with van der Waals surface area (Å²) in [5.41, 5.74) is 0.354. The topological polar surface area (TPSA) is 66.7 Å². The van der Waals surface area contributed by atoms with E-state index in [0.29, 0.717) is 54.2 Å². The van der Waals surface area contributed by atoms with Gasteiger partial charge < -0.3 is 19.4 Å². The molecule has 7 nitrogen and oxygen atoms in total. The SMILES string of the molecule is Cc1cc2c(o1)c(Br)c(F)c1nc(OC[C@@]34CCCN3C[C@H](F)C4)nc(N3C[C@H]4CC[C@@H](C3)N4)c12. The minimum Gasteiger partial charge on any atom is -0.461 e. The van der Waals surface area contributed by atoms with Gasteiger partial charge in [-0.05, 0) is 61.1 Å². The number of hydrogen-bond donors (Lipinski definition) is 1. The maximum absolute atomic E-state index is 15.7. The lowest BCUT2D eigenvalue weighted by atomic mass is 9.95. The first-order valence-electron chi connectivity index (χ1n) is 12.5. The zero-order valence-electron chi connectivity index (χ0n) is 19.6. The van der Waals surface area contributed by atoms with Crippen molar-refractivity contribution in [2.45, 2.75) is 62.8 Å². The predicted molar refractivity (Wildman–Crippen MR) is 132 cm³/mol. The van der Waals surface area contributed by atoms with Crippen LogP contribution in [0.15, 0.2) is 15.0 Å². The molecule has 0 radical (unpaired) electrons. The van der Waals surface area contributed by atoms with Crippen LogP contribution in [0.5, 0.6) is 6.01 Å². The van der Waals surface area contributed by atoms with E-state index in [1.54, 1.807) is 0 Å². The summed E-state index contributed by atoms with van der Waals surface area (Å²) in [5, 5.41) is 5.08. The monoisotopic (exact) mass is 547 g/mol. The standard InChI is InChI=1S/C25H28BrF2N5O2/c1-13-7-17-18-21(20(28)19(26)22(17)35-13)30-24(31-23(18)32-10-15-3-4-16(11-32)29-15)34-12-25-5-2-6-33(25)9-14(27)8-25/h7,14-16,29H,2-6,8-12H2,1H3/t14-,15-,16+,25+/m1/s1. The lowest BCUT2D eigenvalue weighted by Crippen LogP contribution is -2.51. The number of alkyl halides is 1. The third-order valence-electron chi connectivity index (χ3n) is 8.34. The van der Waals surface area contributed by atoms with Crippen LogP contribution in [0, 0.1) is 12.7 Å². The molecule has 4 aliphatic rings. The average molecular weight is 548 g/mol. The fraction of sp³-hybridized carbons (Fsp3) is 0.600. The smallest absolute Gasteiger partial charge is 0.319 e. The highest BCUT2D eigenvalue weighted by molar-refractivity contribution is 9.10. The second kappa shape index (κ2) is 7.98. The molecule has 35 heavy (non-hydrogen) atoms. The van der Waals surface area contributed by atoms with Crippen LogP contribution in [0.1, 0.15) is 37.9 Å². The van der Waals surface area contributed by atoms with Gasteiger partial charge in [-0.3, -0.25) is 4.90 Å². The van der Waals surface area contributed by atoms with Crippen LogP contribution in [0.4, 0.5) is 14.6 Å². The number of rotatable bonds is 4. The van der Waals surface area contributed by atoms with Crippen molar-refractivity contribution in [1.82, 2.24) is 20.2 Å². The first-order chi connectivity index (χ1) is 16.9. The molecule has 1 aromatic carbocycles. The van der Waals surface area contributed by atoms with E-state index in [2.05, 4.69) is 36.0 Å². The van der Waals surface area contributed by atoms with Gasteiger partial charge in [-0.2, -0.15) is 9.97 Å². The van der Waals surface area contributed by atoms with Gasteiger partial charge in [-0.1, -0.05) is 0 Å². The van der Waals surface area contributed by atoms with Gasteiger partial charge in [0.2, 0.25) is 0 Å². The van der Waals surface area contributed by atoms with Crippen molar-refractivity contribution in [3.8, 4) is 6.01 Å². The molecule has 4 saturated heterocycles. The Labute approximate surface area is 210 Å². The summed E-state index contributed by atoms with van der Waals surface area (Å²) in [6.07, 6.45) is 3.79. The maximum atomic E-state index is 15.7. The summed E-state index contributed by atoms with van der Waals surface area (Å²) in [6, 6.07) is 2.83. The van der Waals surface area contributed by atoms with Crippen molar-refractivity contribution in [3.05, 3.63) is 22.1 Å². The molecule has 4 atom stereocenters. The van der Waals surface area contributed by atoms with Crippen LogP contribution in [0.3, 0.4) is 0 Å². The van der Waals surface area contributed by atoms with Gasteiger partial charge in [0.15, 0.2) is 11.4 Å². The number of piperazine rings is 1. The molecule has 186 valence electrons. The van der Waals surface area contributed by atoms with Crippen molar-refractivity contribution in [2.75, 3.05) is 37.7 Å². The number of hydrogen-bond acceptors (Lipinski definition) is 7. The molecule has 0 aliphatic carbocycles. The first-order valence-corrected chi connectivity index (χ1v) is 13.3. The van der Waals surface area contributed by atoms with Crippen molar-refractivity contribution in [3.63, 3.8) is 0 Å². The number of furan rings is 1. The highest BCUT2D eigenvalue weighted by Gasteiger charge is 2.49. The molecule has 4 aliphatic heterocycles. The summed E-state index contributed by atoms with van der Waals surface area (Å²) in [6.45, 7) is 5.08. The summed E-state index contributed by atoms with van der Waals surface area (Å²) >= 11 is 3.38. The number of aryl methyl sites for hydroxylation is 1. The fourth-order valence-electron chi connectivity index (χ4n) is 6.81.